The molecule has 5 heteroatoms. The molecule has 17 heavy (non-hydrogen) atoms. The molecule has 0 aliphatic heterocycles. The molecule has 0 saturated carbocycles. The van der Waals surface area contributed by atoms with Gasteiger partial charge in [0.15, 0.2) is 0 Å². The summed E-state index contributed by atoms with van der Waals surface area (Å²) in [4.78, 5) is 11.1. The van der Waals surface area contributed by atoms with Crippen molar-refractivity contribution in [2.75, 3.05) is 13.1 Å². The van der Waals surface area contributed by atoms with Gasteiger partial charge in [-0.1, -0.05) is 12.1 Å². The van der Waals surface area contributed by atoms with Gasteiger partial charge in [-0.05, 0) is 13.0 Å². The molecule has 2 N–H and O–H groups in total. The van der Waals surface area contributed by atoms with Crippen LogP contribution in [-0.2, 0) is 11.3 Å². The van der Waals surface area contributed by atoms with Gasteiger partial charge < -0.3 is 10.6 Å². The summed E-state index contributed by atoms with van der Waals surface area (Å²) >= 11 is 0. The zero-order chi connectivity index (χ0) is 12.7. The smallest absolute Gasteiger partial charge is 0.233 e. The summed E-state index contributed by atoms with van der Waals surface area (Å²) in [6.45, 7) is 2.75. The molecule has 1 rings (SSSR count). The average Bonchev–Trinajstić information content (AvgIpc) is 2.32. The van der Waals surface area contributed by atoms with Crippen molar-refractivity contribution in [3.05, 3.63) is 35.1 Å². The van der Waals surface area contributed by atoms with Crippen LogP contribution in [0, 0.1) is 17.1 Å². The molecule has 1 aromatic carbocycles. The lowest BCUT2D eigenvalue weighted by Crippen LogP contribution is -2.33. The zero-order valence-electron chi connectivity index (χ0n) is 9.59. The molecule has 0 aliphatic rings. The standard InChI is InChI=1S/C12H14FN3O/c1-2-16-11(17)8-15-7-10-5-3-4-9(6-14)12(10)13/h3-5,15H,2,7-8H2,1H3,(H,16,17). The summed E-state index contributed by atoms with van der Waals surface area (Å²) in [6, 6.07) is 6.39. The lowest BCUT2D eigenvalue weighted by molar-refractivity contribution is -0.120. The highest BCUT2D eigenvalue weighted by Crippen LogP contribution is 2.11. The topological polar surface area (TPSA) is 64.9 Å². The number of amides is 1. The quantitative estimate of drug-likeness (QED) is 0.797. The van der Waals surface area contributed by atoms with Crippen molar-refractivity contribution in [2.45, 2.75) is 13.5 Å². The number of carbonyl (C=O) groups excluding carboxylic acids is 1. The highest BCUT2D eigenvalue weighted by Gasteiger charge is 2.07. The number of nitrogens with one attached hydrogen (secondary N) is 2. The van der Waals surface area contributed by atoms with Crippen LogP contribution in [0.3, 0.4) is 0 Å². The number of benzene rings is 1. The monoisotopic (exact) mass is 235 g/mol. The maximum absolute atomic E-state index is 13.6. The van der Waals surface area contributed by atoms with Gasteiger partial charge in [0, 0.05) is 18.7 Å². The molecule has 0 fully saturated rings. The number of hydrogen-bond donors (Lipinski definition) is 2. The molecule has 0 saturated heterocycles. The Morgan fingerprint density at radius 1 is 1.53 bits per heavy atom. The van der Waals surface area contributed by atoms with Gasteiger partial charge in [-0.25, -0.2) is 4.39 Å². The lowest BCUT2D eigenvalue weighted by atomic mass is 10.1. The van der Waals surface area contributed by atoms with Gasteiger partial charge in [-0.3, -0.25) is 4.79 Å². The second kappa shape index (κ2) is 6.61. The fraction of sp³-hybridized carbons (Fsp3) is 0.333. The van der Waals surface area contributed by atoms with E-state index in [2.05, 4.69) is 10.6 Å². The van der Waals surface area contributed by atoms with E-state index < -0.39 is 5.82 Å². The molecule has 0 heterocycles. The Kier molecular flexibility index (Phi) is 5.11. The lowest BCUT2D eigenvalue weighted by Gasteiger charge is -2.06. The fourth-order valence-electron chi connectivity index (χ4n) is 1.37. The van der Waals surface area contributed by atoms with Crippen molar-refractivity contribution in [1.29, 1.82) is 5.26 Å². The molecule has 0 aromatic heterocycles. The van der Waals surface area contributed by atoms with Gasteiger partial charge in [0.05, 0.1) is 12.1 Å². The van der Waals surface area contributed by atoms with Crippen LogP contribution in [0.4, 0.5) is 4.39 Å². The highest BCUT2D eigenvalue weighted by molar-refractivity contribution is 5.77. The van der Waals surface area contributed by atoms with E-state index in [9.17, 15) is 9.18 Å². The van der Waals surface area contributed by atoms with E-state index in [4.69, 9.17) is 5.26 Å². The Bertz CT molecular complexity index is 440. The van der Waals surface area contributed by atoms with Crippen LogP contribution < -0.4 is 10.6 Å². The van der Waals surface area contributed by atoms with E-state index in [1.54, 1.807) is 18.2 Å². The van der Waals surface area contributed by atoms with E-state index in [1.165, 1.54) is 6.07 Å². The molecule has 1 aromatic rings. The van der Waals surface area contributed by atoms with Crippen LogP contribution in [0.25, 0.3) is 0 Å². The van der Waals surface area contributed by atoms with Gasteiger partial charge >= 0.3 is 0 Å². The summed E-state index contributed by atoms with van der Waals surface area (Å²) in [5.74, 6) is -0.664. The van der Waals surface area contributed by atoms with E-state index in [0.29, 0.717) is 12.1 Å². The molecule has 1 amide bonds. The maximum Gasteiger partial charge on any atom is 0.233 e. The van der Waals surface area contributed by atoms with Crippen LogP contribution in [0.5, 0.6) is 0 Å². The normalized spacial score (nSPS) is 9.71. The van der Waals surface area contributed by atoms with Crippen molar-refractivity contribution in [3.8, 4) is 6.07 Å². The largest absolute Gasteiger partial charge is 0.355 e. The first kappa shape index (κ1) is 13.1. The first-order valence-electron chi connectivity index (χ1n) is 5.34. The second-order valence-electron chi connectivity index (χ2n) is 3.45. The minimum atomic E-state index is -0.529. The number of likely N-dealkylation sites (N-methyl/N-ethyl adjacent to an activating group) is 1. The van der Waals surface area contributed by atoms with Crippen molar-refractivity contribution < 1.29 is 9.18 Å². The number of nitrogens with zero attached hydrogens (tertiary/aromatic N) is 1. The van der Waals surface area contributed by atoms with Crippen LogP contribution in [0.1, 0.15) is 18.1 Å². The fourth-order valence-corrected chi connectivity index (χ4v) is 1.37. The first-order valence-corrected chi connectivity index (χ1v) is 5.34. The third kappa shape index (κ3) is 3.85. The minimum Gasteiger partial charge on any atom is -0.355 e. The summed E-state index contributed by atoms with van der Waals surface area (Å²) in [6.07, 6.45) is 0. The van der Waals surface area contributed by atoms with Crippen molar-refractivity contribution >= 4 is 5.91 Å². The van der Waals surface area contributed by atoms with Gasteiger partial charge in [0.2, 0.25) is 5.91 Å². The van der Waals surface area contributed by atoms with E-state index in [1.807, 2.05) is 6.92 Å². The third-order valence-corrected chi connectivity index (χ3v) is 2.17. The summed E-state index contributed by atoms with van der Waals surface area (Å²) in [5, 5.41) is 14.1. The Balaban J connectivity index is 2.53. The number of rotatable bonds is 5. The SMILES string of the molecule is CCNC(=O)CNCc1cccc(C#N)c1F. The minimum absolute atomic E-state index is 0.0160. The van der Waals surface area contributed by atoms with Crippen molar-refractivity contribution in [1.82, 2.24) is 10.6 Å². The van der Waals surface area contributed by atoms with Crippen LogP contribution in [-0.4, -0.2) is 19.0 Å². The zero-order valence-corrected chi connectivity index (χ0v) is 9.59. The molecule has 0 aliphatic carbocycles. The molecule has 0 radical (unpaired) electrons. The molecule has 0 bridgehead atoms. The van der Waals surface area contributed by atoms with Crippen LogP contribution in [0.15, 0.2) is 18.2 Å². The molecule has 0 spiro atoms. The number of carbonyl (C=O) groups is 1. The molecule has 0 unspecified atom stereocenters. The first-order chi connectivity index (χ1) is 8.19. The Morgan fingerprint density at radius 3 is 2.94 bits per heavy atom. The van der Waals surface area contributed by atoms with Gasteiger partial charge in [-0.2, -0.15) is 5.26 Å². The third-order valence-electron chi connectivity index (χ3n) is 2.17. The molecular weight excluding hydrogens is 221 g/mol. The number of nitriles is 1. The number of halogens is 1. The molecule has 90 valence electrons. The summed E-state index contributed by atoms with van der Waals surface area (Å²) in [5.41, 5.74) is 0.399. The summed E-state index contributed by atoms with van der Waals surface area (Å²) < 4.78 is 13.6. The average molecular weight is 235 g/mol. The van der Waals surface area contributed by atoms with E-state index in [-0.39, 0.29) is 24.6 Å². The van der Waals surface area contributed by atoms with E-state index in [0.717, 1.165) is 0 Å². The Labute approximate surface area is 99.4 Å². The predicted molar refractivity (Wildman–Crippen MR) is 61.5 cm³/mol. The number of hydrogen-bond acceptors (Lipinski definition) is 3. The Morgan fingerprint density at radius 2 is 2.29 bits per heavy atom. The molecule has 0 atom stereocenters. The maximum atomic E-state index is 13.6. The molecule has 4 nitrogen and oxygen atoms in total. The molecular formula is C12H14FN3O. The Hall–Kier alpha value is -1.93. The van der Waals surface area contributed by atoms with Gasteiger partial charge in [-0.15, -0.1) is 0 Å². The van der Waals surface area contributed by atoms with Crippen LogP contribution in [0.2, 0.25) is 0 Å². The second-order valence-corrected chi connectivity index (χ2v) is 3.45. The van der Waals surface area contributed by atoms with Crippen LogP contribution >= 0.6 is 0 Å². The van der Waals surface area contributed by atoms with Crippen molar-refractivity contribution in [3.63, 3.8) is 0 Å². The van der Waals surface area contributed by atoms with E-state index >= 15 is 0 Å². The predicted octanol–water partition coefficient (Wildman–Crippen LogP) is 0.923. The van der Waals surface area contributed by atoms with Gasteiger partial charge in [0.25, 0.3) is 0 Å². The summed E-state index contributed by atoms with van der Waals surface area (Å²) in [7, 11) is 0. The van der Waals surface area contributed by atoms with Crippen molar-refractivity contribution in [2.24, 2.45) is 0 Å². The highest BCUT2D eigenvalue weighted by atomic mass is 19.1. The van der Waals surface area contributed by atoms with Gasteiger partial charge in [0.1, 0.15) is 11.9 Å².